The van der Waals surface area contributed by atoms with E-state index in [9.17, 15) is 0 Å². The number of methoxy groups -OCH3 is 2. The van der Waals surface area contributed by atoms with E-state index in [1.165, 1.54) is 16.7 Å². The zero-order valence-corrected chi connectivity index (χ0v) is 11.9. The summed E-state index contributed by atoms with van der Waals surface area (Å²) in [6.45, 7) is 6.27. The van der Waals surface area contributed by atoms with E-state index in [0.29, 0.717) is 0 Å². The van der Waals surface area contributed by atoms with Gasteiger partial charge in [-0.1, -0.05) is 0 Å². The quantitative estimate of drug-likeness (QED) is 0.752. The summed E-state index contributed by atoms with van der Waals surface area (Å²) in [6, 6.07) is 2.15. The molecule has 0 amide bonds. The Balaban J connectivity index is 3.36. The Morgan fingerprint density at radius 2 is 1.65 bits per heavy atom. The third kappa shape index (κ3) is 2.61. The summed E-state index contributed by atoms with van der Waals surface area (Å²) in [5.74, 6) is 0.972. The molecule has 1 atom stereocenters. The molecule has 0 spiro atoms. The van der Waals surface area contributed by atoms with Crippen LogP contribution in [0, 0.1) is 20.8 Å². The van der Waals surface area contributed by atoms with E-state index < -0.39 is 0 Å². The van der Waals surface area contributed by atoms with Crippen molar-refractivity contribution in [1.82, 2.24) is 4.90 Å². The Morgan fingerprint density at radius 3 is 2.06 bits per heavy atom. The van der Waals surface area contributed by atoms with E-state index >= 15 is 0 Å². The predicted octanol–water partition coefficient (Wildman–Crippen LogP) is 2.83. The summed E-state index contributed by atoms with van der Waals surface area (Å²) in [6.07, 6.45) is -0.0155. The lowest BCUT2D eigenvalue weighted by Crippen LogP contribution is -2.22. The van der Waals surface area contributed by atoms with Crippen molar-refractivity contribution in [3.63, 3.8) is 0 Å². The van der Waals surface area contributed by atoms with Crippen LogP contribution in [0.2, 0.25) is 0 Å². The largest absolute Gasteiger partial charge is 0.496 e. The van der Waals surface area contributed by atoms with Crippen LogP contribution >= 0.6 is 0 Å². The summed E-state index contributed by atoms with van der Waals surface area (Å²) in [4.78, 5) is 2.06. The standard InChI is InChI=1S/C14H23NO2/c1-9-8-12(14(17-7)15(4)5)10(2)11(3)13(9)16-6/h8,14H,1-7H3. The molecular weight excluding hydrogens is 214 g/mol. The van der Waals surface area contributed by atoms with E-state index in [0.717, 1.165) is 11.3 Å². The minimum Gasteiger partial charge on any atom is -0.496 e. The van der Waals surface area contributed by atoms with Gasteiger partial charge in [0.15, 0.2) is 0 Å². The van der Waals surface area contributed by atoms with Crippen molar-refractivity contribution in [2.45, 2.75) is 27.0 Å². The van der Waals surface area contributed by atoms with E-state index in [-0.39, 0.29) is 6.23 Å². The number of benzene rings is 1. The molecule has 3 heteroatoms. The first kappa shape index (κ1) is 14.0. The van der Waals surface area contributed by atoms with Crippen LogP contribution in [0.25, 0.3) is 0 Å². The van der Waals surface area contributed by atoms with Gasteiger partial charge in [0.25, 0.3) is 0 Å². The molecule has 96 valence electrons. The van der Waals surface area contributed by atoms with E-state index in [1.54, 1.807) is 14.2 Å². The van der Waals surface area contributed by atoms with Crippen molar-refractivity contribution in [1.29, 1.82) is 0 Å². The Bertz CT molecular complexity index is 400. The number of ether oxygens (including phenoxy) is 2. The molecule has 1 aromatic carbocycles. The fourth-order valence-corrected chi connectivity index (χ4v) is 2.28. The van der Waals surface area contributed by atoms with Crippen molar-refractivity contribution in [3.8, 4) is 5.75 Å². The van der Waals surface area contributed by atoms with Crippen molar-refractivity contribution in [2.75, 3.05) is 28.3 Å². The highest BCUT2D eigenvalue weighted by Crippen LogP contribution is 2.33. The maximum atomic E-state index is 5.55. The van der Waals surface area contributed by atoms with Gasteiger partial charge < -0.3 is 9.47 Å². The van der Waals surface area contributed by atoms with Gasteiger partial charge in [0, 0.05) is 7.11 Å². The van der Waals surface area contributed by atoms with Gasteiger partial charge in [0.05, 0.1) is 7.11 Å². The molecule has 17 heavy (non-hydrogen) atoms. The molecule has 0 N–H and O–H groups in total. The fourth-order valence-electron chi connectivity index (χ4n) is 2.28. The van der Waals surface area contributed by atoms with E-state index in [4.69, 9.17) is 9.47 Å². The second-order valence-electron chi connectivity index (χ2n) is 4.62. The summed E-state index contributed by atoms with van der Waals surface area (Å²) in [7, 11) is 7.48. The predicted molar refractivity (Wildman–Crippen MR) is 70.6 cm³/mol. The molecule has 1 aromatic rings. The summed E-state index contributed by atoms with van der Waals surface area (Å²) < 4.78 is 11.0. The fraction of sp³-hybridized carbons (Fsp3) is 0.571. The van der Waals surface area contributed by atoms with Crippen LogP contribution in [0.1, 0.15) is 28.5 Å². The maximum absolute atomic E-state index is 5.55. The second kappa shape index (κ2) is 5.52. The smallest absolute Gasteiger partial charge is 0.136 e. The summed E-state index contributed by atoms with van der Waals surface area (Å²) >= 11 is 0. The van der Waals surface area contributed by atoms with Crippen LogP contribution in [-0.2, 0) is 4.74 Å². The molecule has 0 heterocycles. The Labute approximate surface area is 104 Å². The zero-order chi connectivity index (χ0) is 13.2. The summed E-state index contributed by atoms with van der Waals surface area (Å²) in [5.41, 5.74) is 4.77. The lowest BCUT2D eigenvalue weighted by atomic mass is 9.97. The van der Waals surface area contributed by atoms with Gasteiger partial charge in [-0.15, -0.1) is 0 Å². The van der Waals surface area contributed by atoms with Crippen LogP contribution < -0.4 is 4.74 Å². The molecule has 1 unspecified atom stereocenters. The second-order valence-corrected chi connectivity index (χ2v) is 4.62. The monoisotopic (exact) mass is 237 g/mol. The van der Waals surface area contributed by atoms with Gasteiger partial charge in [-0.2, -0.15) is 0 Å². The number of hydrogen-bond acceptors (Lipinski definition) is 3. The molecule has 0 fully saturated rings. The topological polar surface area (TPSA) is 21.7 Å². The van der Waals surface area contributed by atoms with Gasteiger partial charge in [0.1, 0.15) is 12.0 Å². The first-order valence-electron chi connectivity index (χ1n) is 5.77. The van der Waals surface area contributed by atoms with E-state index in [2.05, 4.69) is 31.7 Å². The number of nitrogens with zero attached hydrogens (tertiary/aromatic N) is 1. The lowest BCUT2D eigenvalue weighted by Gasteiger charge is -2.26. The SMILES string of the molecule is COc1c(C)cc(C(OC)N(C)C)c(C)c1C. The molecule has 0 aliphatic heterocycles. The van der Waals surface area contributed by atoms with Gasteiger partial charge in [-0.05, 0) is 63.2 Å². The zero-order valence-electron chi connectivity index (χ0n) is 11.9. The third-order valence-corrected chi connectivity index (χ3v) is 3.23. The minimum absolute atomic E-state index is 0.0155. The highest BCUT2D eigenvalue weighted by Gasteiger charge is 2.19. The van der Waals surface area contributed by atoms with Crippen LogP contribution in [0.4, 0.5) is 0 Å². The molecule has 0 aliphatic carbocycles. The van der Waals surface area contributed by atoms with Crippen LogP contribution in [0.5, 0.6) is 5.75 Å². The number of hydrogen-bond donors (Lipinski definition) is 0. The van der Waals surface area contributed by atoms with Gasteiger partial charge >= 0.3 is 0 Å². The minimum atomic E-state index is -0.0155. The summed E-state index contributed by atoms with van der Waals surface area (Å²) in [5, 5.41) is 0. The van der Waals surface area contributed by atoms with Gasteiger partial charge in [-0.25, -0.2) is 0 Å². The van der Waals surface area contributed by atoms with Crippen molar-refractivity contribution < 1.29 is 9.47 Å². The highest BCUT2D eigenvalue weighted by molar-refractivity contribution is 5.49. The van der Waals surface area contributed by atoms with Crippen LogP contribution in [-0.4, -0.2) is 33.2 Å². The Hall–Kier alpha value is -1.06. The molecule has 0 saturated heterocycles. The molecular formula is C14H23NO2. The first-order chi connectivity index (χ1) is 7.93. The molecule has 0 saturated carbocycles. The van der Waals surface area contributed by atoms with Crippen molar-refractivity contribution in [3.05, 3.63) is 28.3 Å². The van der Waals surface area contributed by atoms with E-state index in [1.807, 2.05) is 14.1 Å². The van der Waals surface area contributed by atoms with Crippen molar-refractivity contribution >= 4 is 0 Å². The molecule has 0 aliphatic rings. The Morgan fingerprint density at radius 1 is 1.06 bits per heavy atom. The molecule has 0 aromatic heterocycles. The maximum Gasteiger partial charge on any atom is 0.136 e. The average molecular weight is 237 g/mol. The average Bonchev–Trinajstić information content (AvgIpc) is 2.26. The third-order valence-electron chi connectivity index (χ3n) is 3.23. The molecule has 0 radical (unpaired) electrons. The van der Waals surface area contributed by atoms with Gasteiger partial charge in [0.2, 0.25) is 0 Å². The van der Waals surface area contributed by atoms with Gasteiger partial charge in [-0.3, -0.25) is 4.90 Å². The molecule has 0 bridgehead atoms. The normalized spacial score (nSPS) is 12.9. The van der Waals surface area contributed by atoms with Crippen LogP contribution in [0.3, 0.4) is 0 Å². The molecule has 1 rings (SSSR count). The number of aryl methyl sites for hydroxylation is 1. The van der Waals surface area contributed by atoms with Crippen LogP contribution in [0.15, 0.2) is 6.07 Å². The van der Waals surface area contributed by atoms with Crippen molar-refractivity contribution in [2.24, 2.45) is 0 Å². The first-order valence-corrected chi connectivity index (χ1v) is 5.77. The Kier molecular flexibility index (Phi) is 4.54. The molecule has 3 nitrogen and oxygen atoms in total. The lowest BCUT2D eigenvalue weighted by molar-refractivity contribution is -0.00595. The highest BCUT2D eigenvalue weighted by atomic mass is 16.5. The number of rotatable bonds is 4.